The van der Waals surface area contributed by atoms with Gasteiger partial charge in [-0.3, -0.25) is 9.59 Å². The molecule has 2 fully saturated rings. The number of hydrogen-bond acceptors (Lipinski definition) is 4. The van der Waals surface area contributed by atoms with Crippen molar-refractivity contribution in [3.05, 3.63) is 36.4 Å². The van der Waals surface area contributed by atoms with Crippen molar-refractivity contribution in [3.8, 4) is 5.75 Å². The molecule has 0 unspecified atom stereocenters. The van der Waals surface area contributed by atoms with Gasteiger partial charge in [0.15, 0.2) is 5.11 Å². The van der Waals surface area contributed by atoms with Crippen molar-refractivity contribution < 1.29 is 14.3 Å². The van der Waals surface area contributed by atoms with E-state index in [1.807, 2.05) is 36.1 Å². The van der Waals surface area contributed by atoms with Gasteiger partial charge in [-0.25, -0.2) is 0 Å². The lowest BCUT2D eigenvalue weighted by Crippen LogP contribution is -2.49. The summed E-state index contributed by atoms with van der Waals surface area (Å²) in [5, 5.41) is 6.82. The van der Waals surface area contributed by atoms with Crippen LogP contribution >= 0.6 is 12.2 Å². The molecule has 0 aliphatic carbocycles. The van der Waals surface area contributed by atoms with Gasteiger partial charge in [0, 0.05) is 44.9 Å². The average Bonchev–Trinajstić information content (AvgIpc) is 3.16. The second-order valence-electron chi connectivity index (χ2n) is 9.07. The summed E-state index contributed by atoms with van der Waals surface area (Å²) in [4.78, 5) is 28.8. The van der Waals surface area contributed by atoms with Gasteiger partial charge in [0.25, 0.3) is 0 Å². The van der Waals surface area contributed by atoms with Crippen LogP contribution in [0.5, 0.6) is 5.75 Å². The number of anilines is 1. The Morgan fingerprint density at radius 2 is 1.84 bits per heavy atom. The summed E-state index contributed by atoms with van der Waals surface area (Å²) < 4.78 is 5.28. The molecule has 2 heterocycles. The monoisotopic (exact) mass is 458 g/mol. The molecule has 1 atom stereocenters. The zero-order valence-corrected chi connectivity index (χ0v) is 20.1. The summed E-state index contributed by atoms with van der Waals surface area (Å²) in [6.07, 6.45) is 3.44. The number of nitrogens with one attached hydrogen (secondary N) is 2. The van der Waals surface area contributed by atoms with Gasteiger partial charge in [0.05, 0.1) is 7.11 Å². The van der Waals surface area contributed by atoms with E-state index in [0.717, 1.165) is 62.5 Å². The Balaban J connectivity index is 1.55. The quantitative estimate of drug-likeness (QED) is 0.504. The first-order chi connectivity index (χ1) is 15.2. The van der Waals surface area contributed by atoms with Crippen molar-refractivity contribution in [2.24, 2.45) is 5.41 Å². The fourth-order valence-electron chi connectivity index (χ4n) is 4.63. The Morgan fingerprint density at radius 3 is 2.44 bits per heavy atom. The third-order valence-corrected chi connectivity index (χ3v) is 6.77. The summed E-state index contributed by atoms with van der Waals surface area (Å²) >= 11 is 5.64. The number of rotatable bonds is 6. The molecule has 0 aromatic heterocycles. The predicted molar refractivity (Wildman–Crippen MR) is 131 cm³/mol. The Labute approximate surface area is 196 Å². The van der Waals surface area contributed by atoms with Gasteiger partial charge in [0.2, 0.25) is 11.8 Å². The Bertz CT molecular complexity index is 864. The molecule has 8 heteroatoms. The smallest absolute Gasteiger partial charge is 0.245 e. The molecular weight excluding hydrogens is 424 g/mol. The molecule has 174 valence electrons. The van der Waals surface area contributed by atoms with Crippen LogP contribution in [-0.2, 0) is 9.59 Å². The average molecular weight is 459 g/mol. The van der Waals surface area contributed by atoms with Crippen LogP contribution in [-0.4, -0.2) is 66.1 Å². The molecule has 1 aromatic carbocycles. The number of piperidine rings is 1. The van der Waals surface area contributed by atoms with E-state index in [4.69, 9.17) is 17.0 Å². The molecule has 1 aromatic rings. The van der Waals surface area contributed by atoms with Gasteiger partial charge < -0.3 is 25.2 Å². The summed E-state index contributed by atoms with van der Waals surface area (Å²) in [6.45, 7) is 10.4. The van der Waals surface area contributed by atoms with E-state index in [1.165, 1.54) is 6.92 Å². The molecule has 1 spiro atoms. The zero-order valence-electron chi connectivity index (χ0n) is 19.3. The van der Waals surface area contributed by atoms with Crippen LogP contribution in [0.2, 0.25) is 0 Å². The van der Waals surface area contributed by atoms with Gasteiger partial charge in [-0.2, -0.15) is 0 Å². The number of thiocarbonyl (C=S) groups is 1. The van der Waals surface area contributed by atoms with Gasteiger partial charge in [-0.1, -0.05) is 11.6 Å². The molecule has 3 rings (SSSR count). The maximum atomic E-state index is 13.1. The minimum absolute atomic E-state index is 0.00211. The van der Waals surface area contributed by atoms with E-state index in [-0.39, 0.29) is 17.2 Å². The number of ether oxygens (including phenoxy) is 1. The molecule has 32 heavy (non-hydrogen) atoms. The van der Waals surface area contributed by atoms with Crippen LogP contribution in [0.25, 0.3) is 0 Å². The molecule has 2 aliphatic rings. The van der Waals surface area contributed by atoms with Crippen LogP contribution in [0.3, 0.4) is 0 Å². The van der Waals surface area contributed by atoms with Crippen molar-refractivity contribution in [2.75, 3.05) is 38.6 Å². The number of carbonyl (C=O) groups is 2. The van der Waals surface area contributed by atoms with Crippen molar-refractivity contribution >= 4 is 34.8 Å². The number of nitrogens with zero attached hydrogens (tertiary/aromatic N) is 2. The highest BCUT2D eigenvalue weighted by Crippen LogP contribution is 2.40. The zero-order chi connectivity index (χ0) is 23.3. The van der Waals surface area contributed by atoms with Crippen molar-refractivity contribution in [1.29, 1.82) is 0 Å². The molecule has 2 aliphatic heterocycles. The number of amides is 2. The van der Waals surface area contributed by atoms with E-state index in [9.17, 15) is 9.59 Å². The van der Waals surface area contributed by atoms with Gasteiger partial charge in [-0.15, -0.1) is 6.58 Å². The van der Waals surface area contributed by atoms with E-state index in [0.29, 0.717) is 11.5 Å². The Kier molecular flexibility index (Phi) is 7.77. The van der Waals surface area contributed by atoms with Crippen LogP contribution in [0.4, 0.5) is 5.69 Å². The SMILES string of the molecule is C=C(C)C[C@H](NC(C)=O)C(=O)N1CCC2(CCN(C(=S)Nc3cccc(OC)c3)CC2)C1. The summed E-state index contributed by atoms with van der Waals surface area (Å²) in [7, 11) is 1.65. The maximum Gasteiger partial charge on any atom is 0.245 e. The van der Waals surface area contributed by atoms with E-state index in [1.54, 1.807) is 7.11 Å². The number of hydrogen-bond donors (Lipinski definition) is 2. The highest BCUT2D eigenvalue weighted by molar-refractivity contribution is 7.80. The number of carbonyl (C=O) groups excluding carboxylic acids is 2. The highest BCUT2D eigenvalue weighted by Gasteiger charge is 2.43. The highest BCUT2D eigenvalue weighted by atomic mass is 32.1. The van der Waals surface area contributed by atoms with E-state index < -0.39 is 6.04 Å². The van der Waals surface area contributed by atoms with Crippen LogP contribution in [0, 0.1) is 5.41 Å². The predicted octanol–water partition coefficient (Wildman–Crippen LogP) is 3.18. The standard InChI is InChI=1S/C24H34N4O3S/c1-17(2)14-21(25-18(3)29)22(30)28-13-10-24(16-28)8-11-27(12-9-24)23(32)26-19-6-5-7-20(15-19)31-4/h5-7,15,21H,1,8-14,16H2,2-4H3,(H,25,29)(H,26,32)/t21-/m0/s1. The van der Waals surface area contributed by atoms with Crippen molar-refractivity contribution in [2.45, 2.75) is 45.6 Å². The molecule has 2 N–H and O–H groups in total. The number of likely N-dealkylation sites (tertiary alicyclic amines) is 2. The first-order valence-electron chi connectivity index (χ1n) is 11.1. The molecule has 0 bridgehead atoms. The normalized spacial score (nSPS) is 18.2. The molecule has 0 radical (unpaired) electrons. The fraction of sp³-hybridized carbons (Fsp3) is 0.542. The molecular formula is C24H34N4O3S. The van der Waals surface area contributed by atoms with Crippen LogP contribution < -0.4 is 15.4 Å². The lowest BCUT2D eigenvalue weighted by molar-refractivity contribution is -0.135. The second kappa shape index (κ2) is 10.3. The van der Waals surface area contributed by atoms with Crippen LogP contribution in [0.15, 0.2) is 36.4 Å². The van der Waals surface area contributed by atoms with E-state index >= 15 is 0 Å². The largest absolute Gasteiger partial charge is 0.497 e. The van der Waals surface area contributed by atoms with Crippen molar-refractivity contribution in [3.63, 3.8) is 0 Å². The van der Waals surface area contributed by atoms with Gasteiger partial charge in [-0.05, 0) is 62.4 Å². The number of methoxy groups -OCH3 is 1. The second-order valence-corrected chi connectivity index (χ2v) is 9.46. The fourth-order valence-corrected chi connectivity index (χ4v) is 4.93. The first kappa shape index (κ1) is 24.0. The number of benzene rings is 1. The van der Waals surface area contributed by atoms with Crippen LogP contribution in [0.1, 0.15) is 39.5 Å². The molecule has 7 nitrogen and oxygen atoms in total. The summed E-state index contributed by atoms with van der Waals surface area (Å²) in [5.74, 6) is 0.594. The topological polar surface area (TPSA) is 73.9 Å². The summed E-state index contributed by atoms with van der Waals surface area (Å²) in [5.41, 5.74) is 1.92. The summed E-state index contributed by atoms with van der Waals surface area (Å²) in [6, 6.07) is 7.20. The molecule has 0 saturated carbocycles. The molecule has 2 amide bonds. The lowest BCUT2D eigenvalue weighted by Gasteiger charge is -2.40. The third-order valence-electron chi connectivity index (χ3n) is 6.41. The third kappa shape index (κ3) is 6.00. The minimum Gasteiger partial charge on any atom is -0.497 e. The van der Waals surface area contributed by atoms with Gasteiger partial charge >= 0.3 is 0 Å². The Hall–Kier alpha value is -2.61. The first-order valence-corrected chi connectivity index (χ1v) is 11.5. The molecule has 2 saturated heterocycles. The minimum atomic E-state index is -0.528. The van der Waals surface area contributed by atoms with Crippen molar-refractivity contribution in [1.82, 2.24) is 15.1 Å². The maximum absolute atomic E-state index is 13.1. The lowest BCUT2D eigenvalue weighted by atomic mass is 9.78. The van der Waals surface area contributed by atoms with Gasteiger partial charge in [0.1, 0.15) is 11.8 Å². The Morgan fingerprint density at radius 1 is 1.19 bits per heavy atom. The van der Waals surface area contributed by atoms with E-state index in [2.05, 4.69) is 22.1 Å².